The molecule has 1 aliphatic heterocycles. The van der Waals surface area contributed by atoms with Crippen molar-refractivity contribution in [3.05, 3.63) is 71.5 Å². The number of benzene rings is 2. The number of carbonyl (C=O) groups is 2. The summed E-state index contributed by atoms with van der Waals surface area (Å²) in [6.45, 7) is 0.638. The maximum atomic E-state index is 14.5. The first-order valence-electron chi connectivity index (χ1n) is 11.6. The molecular formula is C26H30FN3O3. The lowest BCUT2D eigenvalue weighted by Gasteiger charge is -2.28. The standard InChI is InChI=1S/C26H30FN3O3/c1-33-16-15-29(26(32)20-11-5-6-12-20)18-25(31)30-24(19-9-3-2-4-10-19)17-23(28-30)21-13-7-8-14-22(21)27/h2-4,7-10,13-14,20,24H,5-6,11-12,15-18H2,1H3/t24-/m0/s1. The minimum absolute atomic E-state index is 0.00617. The summed E-state index contributed by atoms with van der Waals surface area (Å²) in [7, 11) is 1.58. The zero-order valence-corrected chi connectivity index (χ0v) is 19.0. The Kier molecular flexibility index (Phi) is 7.50. The number of methoxy groups -OCH3 is 1. The molecule has 4 rings (SSSR count). The lowest BCUT2D eigenvalue weighted by Crippen LogP contribution is -2.44. The van der Waals surface area contributed by atoms with Crippen molar-refractivity contribution in [2.45, 2.75) is 38.1 Å². The van der Waals surface area contributed by atoms with E-state index >= 15 is 0 Å². The van der Waals surface area contributed by atoms with Gasteiger partial charge in [-0.2, -0.15) is 5.10 Å². The summed E-state index contributed by atoms with van der Waals surface area (Å²) >= 11 is 0. The first-order valence-corrected chi connectivity index (χ1v) is 11.6. The van der Waals surface area contributed by atoms with Gasteiger partial charge in [-0.1, -0.05) is 61.4 Å². The number of rotatable bonds is 8. The average molecular weight is 452 g/mol. The third-order valence-electron chi connectivity index (χ3n) is 6.44. The van der Waals surface area contributed by atoms with Crippen molar-refractivity contribution in [2.75, 3.05) is 26.8 Å². The molecule has 0 bridgehead atoms. The summed E-state index contributed by atoms with van der Waals surface area (Å²) < 4.78 is 19.7. The number of halogens is 1. The van der Waals surface area contributed by atoms with Gasteiger partial charge in [-0.15, -0.1) is 0 Å². The van der Waals surface area contributed by atoms with Gasteiger partial charge in [0.15, 0.2) is 0 Å². The summed E-state index contributed by atoms with van der Waals surface area (Å²) in [5.41, 5.74) is 1.85. The average Bonchev–Trinajstić information content (AvgIpc) is 3.53. The highest BCUT2D eigenvalue weighted by molar-refractivity contribution is 6.03. The second-order valence-electron chi connectivity index (χ2n) is 8.63. The Labute approximate surface area is 194 Å². The molecule has 0 aromatic heterocycles. The number of hydrazone groups is 1. The molecular weight excluding hydrogens is 421 g/mol. The predicted octanol–water partition coefficient (Wildman–Crippen LogP) is 4.17. The highest BCUT2D eigenvalue weighted by Crippen LogP contribution is 2.33. The minimum Gasteiger partial charge on any atom is -0.383 e. The van der Waals surface area contributed by atoms with Gasteiger partial charge < -0.3 is 9.64 Å². The number of hydrogen-bond donors (Lipinski definition) is 0. The van der Waals surface area contributed by atoms with Gasteiger partial charge in [0.2, 0.25) is 5.91 Å². The molecule has 0 saturated heterocycles. The van der Waals surface area contributed by atoms with Crippen molar-refractivity contribution in [1.29, 1.82) is 0 Å². The van der Waals surface area contributed by atoms with Crippen molar-refractivity contribution in [3.8, 4) is 0 Å². The van der Waals surface area contributed by atoms with Crippen molar-refractivity contribution in [2.24, 2.45) is 11.0 Å². The van der Waals surface area contributed by atoms with Crippen LogP contribution in [0.4, 0.5) is 4.39 Å². The highest BCUT2D eigenvalue weighted by atomic mass is 19.1. The van der Waals surface area contributed by atoms with Crippen LogP contribution in [0.3, 0.4) is 0 Å². The maximum Gasteiger partial charge on any atom is 0.262 e. The molecule has 1 atom stereocenters. The molecule has 2 amide bonds. The van der Waals surface area contributed by atoms with E-state index in [0.29, 0.717) is 30.8 Å². The van der Waals surface area contributed by atoms with E-state index in [2.05, 4.69) is 5.10 Å². The maximum absolute atomic E-state index is 14.5. The van der Waals surface area contributed by atoms with Gasteiger partial charge in [-0.05, 0) is 24.5 Å². The van der Waals surface area contributed by atoms with Crippen molar-refractivity contribution < 1.29 is 18.7 Å². The van der Waals surface area contributed by atoms with Crippen LogP contribution >= 0.6 is 0 Å². The monoisotopic (exact) mass is 451 g/mol. The first kappa shape index (κ1) is 23.1. The lowest BCUT2D eigenvalue weighted by molar-refractivity contribution is -0.144. The van der Waals surface area contributed by atoms with E-state index < -0.39 is 0 Å². The summed E-state index contributed by atoms with van der Waals surface area (Å²) in [5.74, 6) is -0.671. The second kappa shape index (κ2) is 10.7. The minimum atomic E-state index is -0.365. The van der Waals surface area contributed by atoms with Gasteiger partial charge in [-0.25, -0.2) is 9.40 Å². The Balaban J connectivity index is 1.59. The third kappa shape index (κ3) is 5.30. The van der Waals surface area contributed by atoms with Crippen LogP contribution in [0.5, 0.6) is 0 Å². The molecule has 174 valence electrons. The fourth-order valence-corrected chi connectivity index (χ4v) is 4.67. The summed E-state index contributed by atoms with van der Waals surface area (Å²) in [6, 6.07) is 15.7. The molecule has 0 N–H and O–H groups in total. The fraction of sp³-hybridized carbons (Fsp3) is 0.423. The van der Waals surface area contributed by atoms with Crippen LogP contribution in [-0.4, -0.2) is 54.2 Å². The van der Waals surface area contributed by atoms with Crippen LogP contribution in [0.15, 0.2) is 59.7 Å². The molecule has 1 aliphatic carbocycles. The third-order valence-corrected chi connectivity index (χ3v) is 6.44. The normalized spacial score (nSPS) is 18.4. The SMILES string of the molecule is COCCN(CC(=O)N1N=C(c2ccccc2F)C[C@H]1c1ccccc1)C(=O)C1CCCC1. The van der Waals surface area contributed by atoms with Gasteiger partial charge in [0.25, 0.3) is 5.91 Å². The van der Waals surface area contributed by atoms with Gasteiger partial charge in [0.1, 0.15) is 12.4 Å². The molecule has 1 fully saturated rings. The smallest absolute Gasteiger partial charge is 0.262 e. The molecule has 33 heavy (non-hydrogen) atoms. The second-order valence-corrected chi connectivity index (χ2v) is 8.63. The van der Waals surface area contributed by atoms with Crippen LogP contribution in [0.1, 0.15) is 49.3 Å². The summed E-state index contributed by atoms with van der Waals surface area (Å²) in [6.07, 6.45) is 4.22. The van der Waals surface area contributed by atoms with Gasteiger partial charge >= 0.3 is 0 Å². The zero-order valence-electron chi connectivity index (χ0n) is 19.0. The van der Waals surface area contributed by atoms with E-state index in [0.717, 1.165) is 31.2 Å². The van der Waals surface area contributed by atoms with Crippen molar-refractivity contribution >= 4 is 17.5 Å². The van der Waals surface area contributed by atoms with E-state index in [-0.39, 0.29) is 36.1 Å². The van der Waals surface area contributed by atoms with Gasteiger partial charge in [-0.3, -0.25) is 9.59 Å². The number of amides is 2. The van der Waals surface area contributed by atoms with Crippen LogP contribution in [-0.2, 0) is 14.3 Å². The predicted molar refractivity (Wildman–Crippen MR) is 124 cm³/mol. The number of nitrogens with zero attached hydrogens (tertiary/aromatic N) is 3. The summed E-state index contributed by atoms with van der Waals surface area (Å²) in [4.78, 5) is 28.2. The molecule has 0 unspecified atom stereocenters. The largest absolute Gasteiger partial charge is 0.383 e. The van der Waals surface area contributed by atoms with Crippen LogP contribution in [0.25, 0.3) is 0 Å². The Morgan fingerprint density at radius 2 is 1.79 bits per heavy atom. The fourth-order valence-electron chi connectivity index (χ4n) is 4.67. The topological polar surface area (TPSA) is 62.2 Å². The molecule has 0 radical (unpaired) electrons. The Morgan fingerprint density at radius 1 is 1.09 bits per heavy atom. The van der Waals surface area contributed by atoms with Gasteiger partial charge in [0.05, 0.1) is 18.4 Å². The Morgan fingerprint density at radius 3 is 2.48 bits per heavy atom. The van der Waals surface area contributed by atoms with E-state index in [9.17, 15) is 14.0 Å². The number of ether oxygens (including phenoxy) is 1. The van der Waals surface area contributed by atoms with Gasteiger partial charge in [0, 0.05) is 31.6 Å². The first-order chi connectivity index (χ1) is 16.1. The van der Waals surface area contributed by atoms with E-state index in [1.54, 1.807) is 30.2 Å². The molecule has 6 nitrogen and oxygen atoms in total. The van der Waals surface area contributed by atoms with Crippen molar-refractivity contribution in [1.82, 2.24) is 9.91 Å². The Bertz CT molecular complexity index is 1000. The molecule has 1 heterocycles. The van der Waals surface area contributed by atoms with Crippen LogP contribution in [0, 0.1) is 11.7 Å². The molecule has 2 aromatic rings. The van der Waals surface area contributed by atoms with Crippen LogP contribution < -0.4 is 0 Å². The Hall–Kier alpha value is -3.06. The lowest BCUT2D eigenvalue weighted by atomic mass is 9.98. The zero-order chi connectivity index (χ0) is 23.2. The van der Waals surface area contributed by atoms with E-state index in [1.807, 2.05) is 30.3 Å². The van der Waals surface area contributed by atoms with Crippen LogP contribution in [0.2, 0.25) is 0 Å². The molecule has 7 heteroatoms. The molecule has 1 saturated carbocycles. The summed E-state index contributed by atoms with van der Waals surface area (Å²) in [5, 5.41) is 5.99. The van der Waals surface area contributed by atoms with Crippen molar-refractivity contribution in [3.63, 3.8) is 0 Å². The highest BCUT2D eigenvalue weighted by Gasteiger charge is 2.36. The van der Waals surface area contributed by atoms with E-state index in [4.69, 9.17) is 4.74 Å². The quantitative estimate of drug-likeness (QED) is 0.605. The number of carbonyl (C=O) groups excluding carboxylic acids is 2. The number of hydrogen-bond acceptors (Lipinski definition) is 4. The molecule has 0 spiro atoms. The molecule has 2 aromatic carbocycles. The molecule has 2 aliphatic rings. The van der Waals surface area contributed by atoms with E-state index in [1.165, 1.54) is 11.1 Å².